The van der Waals surface area contributed by atoms with Gasteiger partial charge in [-0.25, -0.2) is 4.79 Å². The summed E-state index contributed by atoms with van der Waals surface area (Å²) in [4.78, 5) is 14.0. The number of benzene rings is 1. The number of hydrogen-bond acceptors (Lipinski definition) is 5. The fourth-order valence-corrected chi connectivity index (χ4v) is 3.00. The Bertz CT molecular complexity index is 721. The van der Waals surface area contributed by atoms with Crippen LogP contribution in [-0.2, 0) is 4.74 Å². The lowest BCUT2D eigenvalue weighted by atomic mass is 10.2. The first-order valence-corrected chi connectivity index (χ1v) is 9.00. The fraction of sp³-hybridized carbons (Fsp3) is 0.471. The summed E-state index contributed by atoms with van der Waals surface area (Å²) in [6.07, 6.45) is 1.36. The molecule has 1 fully saturated rings. The summed E-state index contributed by atoms with van der Waals surface area (Å²) in [5.74, 6) is 0.935. The minimum atomic E-state index is -0.522. The van der Waals surface area contributed by atoms with Gasteiger partial charge in [0.15, 0.2) is 0 Å². The lowest BCUT2D eigenvalue weighted by Gasteiger charge is -2.27. The molecule has 0 radical (unpaired) electrons. The Morgan fingerprint density at radius 2 is 2.00 bits per heavy atom. The third kappa shape index (κ3) is 3.88. The molecule has 1 saturated heterocycles. The monoisotopic (exact) mass is 441 g/mol. The SMILES string of the molecule is CC(C)(C)OC(=O)N1CCCC1c1nnc(-c2ccc(I)cc2)o1. The maximum atomic E-state index is 12.4. The molecule has 1 unspecified atom stereocenters. The average molecular weight is 441 g/mol. The van der Waals surface area contributed by atoms with Crippen molar-refractivity contribution < 1.29 is 13.9 Å². The van der Waals surface area contributed by atoms with Crippen molar-refractivity contribution >= 4 is 28.7 Å². The van der Waals surface area contributed by atoms with Gasteiger partial charge in [0.25, 0.3) is 0 Å². The zero-order valence-electron chi connectivity index (χ0n) is 14.0. The Hall–Kier alpha value is -1.64. The van der Waals surface area contributed by atoms with Crippen molar-refractivity contribution in [3.8, 4) is 11.5 Å². The molecule has 128 valence electrons. The maximum Gasteiger partial charge on any atom is 0.410 e. The van der Waals surface area contributed by atoms with E-state index in [0.717, 1.165) is 22.0 Å². The minimum absolute atomic E-state index is 0.218. The van der Waals surface area contributed by atoms with Gasteiger partial charge in [0, 0.05) is 15.7 Å². The normalized spacial score (nSPS) is 18.0. The number of hydrogen-bond donors (Lipinski definition) is 0. The van der Waals surface area contributed by atoms with Crippen LogP contribution in [0.2, 0.25) is 0 Å². The molecule has 1 aromatic heterocycles. The van der Waals surface area contributed by atoms with Crippen molar-refractivity contribution in [2.45, 2.75) is 45.3 Å². The maximum absolute atomic E-state index is 12.4. The average Bonchev–Trinajstić information content (AvgIpc) is 3.15. The largest absolute Gasteiger partial charge is 0.444 e. The molecule has 2 heterocycles. The molecular weight excluding hydrogens is 421 g/mol. The molecule has 1 atom stereocenters. The van der Waals surface area contributed by atoms with Crippen molar-refractivity contribution in [1.82, 2.24) is 15.1 Å². The van der Waals surface area contributed by atoms with Crippen LogP contribution in [0.25, 0.3) is 11.5 Å². The van der Waals surface area contributed by atoms with Crippen LogP contribution in [0, 0.1) is 3.57 Å². The first-order chi connectivity index (χ1) is 11.3. The highest BCUT2D eigenvalue weighted by Crippen LogP contribution is 2.33. The van der Waals surface area contributed by atoms with E-state index >= 15 is 0 Å². The van der Waals surface area contributed by atoms with Crippen LogP contribution >= 0.6 is 22.6 Å². The van der Waals surface area contributed by atoms with Crippen LogP contribution in [0.4, 0.5) is 4.79 Å². The fourth-order valence-electron chi connectivity index (χ4n) is 2.64. The number of amides is 1. The molecule has 7 heteroatoms. The number of carbonyl (C=O) groups excluding carboxylic acids is 1. The van der Waals surface area contributed by atoms with Crippen LogP contribution in [0.15, 0.2) is 28.7 Å². The number of nitrogens with zero attached hydrogens (tertiary/aromatic N) is 3. The Kier molecular flexibility index (Phi) is 4.80. The number of halogens is 1. The van der Waals surface area contributed by atoms with E-state index in [4.69, 9.17) is 9.15 Å². The highest BCUT2D eigenvalue weighted by Gasteiger charge is 2.36. The number of ether oxygens (including phenoxy) is 1. The Morgan fingerprint density at radius 1 is 1.29 bits per heavy atom. The van der Waals surface area contributed by atoms with Crippen molar-refractivity contribution in [3.63, 3.8) is 0 Å². The smallest absolute Gasteiger partial charge is 0.410 e. The van der Waals surface area contributed by atoms with E-state index in [2.05, 4.69) is 32.8 Å². The third-order valence-corrected chi connectivity index (χ3v) is 4.42. The first-order valence-electron chi connectivity index (χ1n) is 7.92. The van der Waals surface area contributed by atoms with E-state index in [1.165, 1.54) is 0 Å². The van der Waals surface area contributed by atoms with Crippen LogP contribution in [0.3, 0.4) is 0 Å². The van der Waals surface area contributed by atoms with Gasteiger partial charge in [-0.15, -0.1) is 10.2 Å². The Morgan fingerprint density at radius 3 is 2.67 bits per heavy atom. The van der Waals surface area contributed by atoms with Crippen LogP contribution in [0.5, 0.6) is 0 Å². The van der Waals surface area contributed by atoms with Crippen LogP contribution < -0.4 is 0 Å². The number of likely N-dealkylation sites (tertiary alicyclic amines) is 1. The second kappa shape index (κ2) is 6.70. The molecule has 24 heavy (non-hydrogen) atoms. The summed E-state index contributed by atoms with van der Waals surface area (Å²) < 4.78 is 12.4. The molecule has 1 aliphatic rings. The quantitative estimate of drug-likeness (QED) is 0.646. The summed E-state index contributed by atoms with van der Waals surface area (Å²) in [6, 6.07) is 7.65. The van der Waals surface area contributed by atoms with Gasteiger partial charge in [-0.3, -0.25) is 4.90 Å². The van der Waals surface area contributed by atoms with Crippen molar-refractivity contribution in [1.29, 1.82) is 0 Å². The van der Waals surface area contributed by atoms with E-state index in [-0.39, 0.29) is 12.1 Å². The number of carbonyl (C=O) groups is 1. The van der Waals surface area contributed by atoms with Gasteiger partial charge < -0.3 is 9.15 Å². The summed E-state index contributed by atoms with van der Waals surface area (Å²) in [7, 11) is 0. The van der Waals surface area contributed by atoms with Gasteiger partial charge in [0.05, 0.1) is 0 Å². The molecule has 1 amide bonds. The molecule has 3 rings (SSSR count). The molecular formula is C17H20IN3O3. The van der Waals surface area contributed by atoms with E-state index in [1.807, 2.05) is 45.0 Å². The van der Waals surface area contributed by atoms with Gasteiger partial charge in [0.1, 0.15) is 11.6 Å². The second-order valence-electron chi connectivity index (χ2n) is 6.78. The van der Waals surface area contributed by atoms with Gasteiger partial charge in [-0.1, -0.05) is 0 Å². The van der Waals surface area contributed by atoms with Gasteiger partial charge in [-0.2, -0.15) is 0 Å². The lowest BCUT2D eigenvalue weighted by molar-refractivity contribution is 0.0204. The molecule has 0 aliphatic carbocycles. The van der Waals surface area contributed by atoms with Gasteiger partial charge >= 0.3 is 6.09 Å². The number of aromatic nitrogens is 2. The van der Waals surface area contributed by atoms with E-state index in [0.29, 0.717) is 18.3 Å². The molecule has 0 bridgehead atoms. The number of rotatable bonds is 2. The van der Waals surface area contributed by atoms with Crippen LogP contribution in [0.1, 0.15) is 45.5 Å². The predicted octanol–water partition coefficient (Wildman–Crippen LogP) is 4.41. The molecule has 0 saturated carbocycles. The zero-order chi connectivity index (χ0) is 17.3. The van der Waals surface area contributed by atoms with Crippen molar-refractivity contribution in [3.05, 3.63) is 33.7 Å². The predicted molar refractivity (Wildman–Crippen MR) is 97.4 cm³/mol. The second-order valence-corrected chi connectivity index (χ2v) is 8.03. The molecule has 1 aromatic carbocycles. The molecule has 1 aliphatic heterocycles. The summed E-state index contributed by atoms with van der Waals surface area (Å²) in [6.45, 7) is 6.22. The first kappa shape index (κ1) is 17.2. The standard InChI is InChI=1S/C17H20IN3O3/c1-17(2,3)24-16(22)21-10-4-5-13(21)15-20-19-14(23-15)11-6-8-12(18)9-7-11/h6-9,13H,4-5,10H2,1-3H3. The summed E-state index contributed by atoms with van der Waals surface area (Å²) >= 11 is 2.25. The third-order valence-electron chi connectivity index (χ3n) is 3.70. The van der Waals surface area contributed by atoms with E-state index < -0.39 is 5.60 Å². The molecule has 0 N–H and O–H groups in total. The van der Waals surface area contributed by atoms with Gasteiger partial charge in [0.2, 0.25) is 11.8 Å². The molecule has 2 aromatic rings. The summed E-state index contributed by atoms with van der Waals surface area (Å²) in [5.41, 5.74) is 0.349. The van der Waals surface area contributed by atoms with Gasteiger partial charge in [-0.05, 0) is 80.5 Å². The van der Waals surface area contributed by atoms with E-state index in [1.54, 1.807) is 4.90 Å². The zero-order valence-corrected chi connectivity index (χ0v) is 16.1. The highest BCUT2D eigenvalue weighted by molar-refractivity contribution is 14.1. The Labute approximate surface area is 154 Å². The van der Waals surface area contributed by atoms with E-state index in [9.17, 15) is 4.79 Å². The summed E-state index contributed by atoms with van der Waals surface area (Å²) in [5, 5.41) is 8.29. The minimum Gasteiger partial charge on any atom is -0.444 e. The van der Waals surface area contributed by atoms with Crippen molar-refractivity contribution in [2.75, 3.05) is 6.54 Å². The Balaban J connectivity index is 1.78. The lowest BCUT2D eigenvalue weighted by Crippen LogP contribution is -2.36. The molecule has 6 nitrogen and oxygen atoms in total. The topological polar surface area (TPSA) is 68.5 Å². The molecule has 0 spiro atoms. The van der Waals surface area contributed by atoms with Crippen molar-refractivity contribution in [2.24, 2.45) is 0 Å². The van der Waals surface area contributed by atoms with Crippen LogP contribution in [-0.4, -0.2) is 33.3 Å². The highest BCUT2D eigenvalue weighted by atomic mass is 127.